The van der Waals surface area contributed by atoms with Gasteiger partial charge in [0.2, 0.25) is 0 Å². The number of benzene rings is 1. The number of carbonyl (C=O) groups is 2. The van der Waals surface area contributed by atoms with Crippen molar-refractivity contribution in [2.45, 2.75) is 26.4 Å². The van der Waals surface area contributed by atoms with Gasteiger partial charge in [-0.2, -0.15) is 0 Å². The van der Waals surface area contributed by atoms with E-state index in [-0.39, 0.29) is 11.5 Å². The van der Waals surface area contributed by atoms with Gasteiger partial charge in [-0.1, -0.05) is 0 Å². The molecular weight excluding hydrogens is 314 g/mol. The number of ether oxygens (including phenoxy) is 2. The van der Waals surface area contributed by atoms with Gasteiger partial charge in [-0.15, -0.1) is 0 Å². The molecule has 1 aromatic heterocycles. The molecule has 2 aromatic rings. The Balaban J connectivity index is 2.38. The van der Waals surface area contributed by atoms with Crippen LogP contribution in [-0.2, 0) is 4.74 Å². The number of carbonyl (C=O) groups excluding carboxylic acids is 1. The lowest BCUT2D eigenvalue weighted by molar-refractivity contribution is 0.0635. The summed E-state index contributed by atoms with van der Waals surface area (Å²) in [5, 5.41) is 11.7. The standard InChI is InChI=1S/C16H19N3O5/c1-16(2,3)24-15(22)18-13-12(14(20)21)17-9-19(13)10-5-7-11(23-4)8-6-10/h5-9H,1-4H3,(H,18,22)(H,20,21). The second-order valence-electron chi connectivity index (χ2n) is 5.94. The maximum atomic E-state index is 12.0. The number of rotatable bonds is 4. The van der Waals surface area contributed by atoms with Crippen LogP contribution in [0.15, 0.2) is 30.6 Å². The van der Waals surface area contributed by atoms with Crippen molar-refractivity contribution in [3.05, 3.63) is 36.3 Å². The second kappa shape index (κ2) is 6.61. The van der Waals surface area contributed by atoms with Gasteiger partial charge in [0.15, 0.2) is 11.5 Å². The third kappa shape index (κ3) is 4.03. The van der Waals surface area contributed by atoms with Crippen molar-refractivity contribution in [3.8, 4) is 11.4 Å². The molecule has 0 aliphatic rings. The first-order valence-electron chi connectivity index (χ1n) is 7.16. The normalized spacial score (nSPS) is 11.0. The summed E-state index contributed by atoms with van der Waals surface area (Å²) in [6, 6.07) is 6.86. The molecule has 0 bridgehead atoms. The maximum Gasteiger partial charge on any atom is 0.413 e. The lowest BCUT2D eigenvalue weighted by atomic mass is 10.2. The molecule has 0 aliphatic carbocycles. The zero-order chi connectivity index (χ0) is 17.9. The third-order valence-electron chi connectivity index (χ3n) is 2.94. The van der Waals surface area contributed by atoms with Gasteiger partial charge >= 0.3 is 12.1 Å². The van der Waals surface area contributed by atoms with Gasteiger partial charge in [0.25, 0.3) is 0 Å². The molecule has 1 heterocycles. The fourth-order valence-electron chi connectivity index (χ4n) is 1.96. The molecular formula is C16H19N3O5. The molecule has 0 spiro atoms. The van der Waals surface area contributed by atoms with Crippen LogP contribution in [0.25, 0.3) is 5.69 Å². The summed E-state index contributed by atoms with van der Waals surface area (Å²) in [6.07, 6.45) is 0.554. The minimum Gasteiger partial charge on any atom is -0.497 e. The van der Waals surface area contributed by atoms with Crippen LogP contribution in [0.2, 0.25) is 0 Å². The molecule has 0 fully saturated rings. The first-order valence-corrected chi connectivity index (χ1v) is 7.16. The molecule has 128 valence electrons. The van der Waals surface area contributed by atoms with Crippen molar-refractivity contribution in [3.63, 3.8) is 0 Å². The molecule has 24 heavy (non-hydrogen) atoms. The predicted octanol–water partition coefficient (Wildman–Crippen LogP) is 2.93. The van der Waals surface area contributed by atoms with Crippen LogP contribution in [0.1, 0.15) is 31.3 Å². The van der Waals surface area contributed by atoms with Crippen molar-refractivity contribution in [1.82, 2.24) is 9.55 Å². The predicted molar refractivity (Wildman–Crippen MR) is 86.9 cm³/mol. The Morgan fingerprint density at radius 1 is 1.21 bits per heavy atom. The SMILES string of the molecule is COc1ccc(-n2cnc(C(=O)O)c2NC(=O)OC(C)(C)C)cc1. The highest BCUT2D eigenvalue weighted by Gasteiger charge is 2.23. The first-order chi connectivity index (χ1) is 11.2. The van der Waals surface area contributed by atoms with E-state index in [2.05, 4.69) is 10.3 Å². The van der Waals surface area contributed by atoms with E-state index in [1.54, 1.807) is 52.1 Å². The summed E-state index contributed by atoms with van der Waals surface area (Å²) in [6.45, 7) is 5.14. The van der Waals surface area contributed by atoms with Gasteiger partial charge in [-0.25, -0.2) is 14.6 Å². The van der Waals surface area contributed by atoms with E-state index in [1.165, 1.54) is 10.9 Å². The van der Waals surface area contributed by atoms with Crippen LogP contribution in [0.5, 0.6) is 5.75 Å². The topological polar surface area (TPSA) is 103 Å². The van der Waals surface area contributed by atoms with Crippen molar-refractivity contribution >= 4 is 17.9 Å². The number of anilines is 1. The Labute approximate surface area is 139 Å². The molecule has 1 aromatic carbocycles. The van der Waals surface area contributed by atoms with Crippen molar-refractivity contribution < 1.29 is 24.2 Å². The Kier molecular flexibility index (Phi) is 4.77. The summed E-state index contributed by atoms with van der Waals surface area (Å²) in [4.78, 5) is 27.2. The van der Waals surface area contributed by atoms with Crippen molar-refractivity contribution in [1.29, 1.82) is 0 Å². The minimum absolute atomic E-state index is 0.0157. The third-order valence-corrected chi connectivity index (χ3v) is 2.94. The summed E-state index contributed by atoms with van der Waals surface area (Å²) in [5.74, 6) is -0.589. The van der Waals surface area contributed by atoms with Crippen LogP contribution >= 0.6 is 0 Å². The number of aromatic carboxylic acids is 1. The van der Waals surface area contributed by atoms with E-state index in [1.807, 2.05) is 0 Å². The van der Waals surface area contributed by atoms with Gasteiger partial charge in [0, 0.05) is 5.69 Å². The summed E-state index contributed by atoms with van der Waals surface area (Å²) < 4.78 is 11.7. The molecule has 0 unspecified atom stereocenters. The number of carboxylic acid groups (broad SMARTS) is 1. The number of aromatic nitrogens is 2. The van der Waals surface area contributed by atoms with Crippen LogP contribution in [0.4, 0.5) is 10.6 Å². The molecule has 8 nitrogen and oxygen atoms in total. The largest absolute Gasteiger partial charge is 0.497 e. The molecule has 2 N–H and O–H groups in total. The number of nitrogens with zero attached hydrogens (tertiary/aromatic N) is 2. The van der Waals surface area contributed by atoms with Crippen LogP contribution in [-0.4, -0.2) is 39.4 Å². The number of nitrogens with one attached hydrogen (secondary N) is 1. The fraction of sp³-hybridized carbons (Fsp3) is 0.312. The summed E-state index contributed by atoms with van der Waals surface area (Å²) in [7, 11) is 1.55. The van der Waals surface area contributed by atoms with Crippen molar-refractivity contribution in [2.24, 2.45) is 0 Å². The molecule has 0 saturated carbocycles. The van der Waals surface area contributed by atoms with Gasteiger partial charge in [0.1, 0.15) is 17.7 Å². The highest BCUT2D eigenvalue weighted by molar-refractivity contribution is 5.96. The van der Waals surface area contributed by atoms with E-state index in [9.17, 15) is 14.7 Å². The number of imidazole rings is 1. The Morgan fingerprint density at radius 2 is 1.83 bits per heavy atom. The van der Waals surface area contributed by atoms with Gasteiger partial charge < -0.3 is 14.6 Å². The molecule has 2 rings (SSSR count). The Bertz CT molecular complexity index is 744. The highest BCUT2D eigenvalue weighted by Crippen LogP contribution is 2.23. The first kappa shape index (κ1) is 17.3. The maximum absolute atomic E-state index is 12.0. The number of methoxy groups -OCH3 is 1. The lowest BCUT2D eigenvalue weighted by Crippen LogP contribution is -2.28. The van der Waals surface area contributed by atoms with Gasteiger partial charge in [-0.3, -0.25) is 9.88 Å². The van der Waals surface area contributed by atoms with Crippen LogP contribution in [0.3, 0.4) is 0 Å². The smallest absolute Gasteiger partial charge is 0.413 e. The number of amides is 1. The van der Waals surface area contributed by atoms with Crippen LogP contribution in [0, 0.1) is 0 Å². The Morgan fingerprint density at radius 3 is 2.33 bits per heavy atom. The fourth-order valence-corrected chi connectivity index (χ4v) is 1.96. The average molecular weight is 333 g/mol. The molecule has 0 radical (unpaired) electrons. The van der Waals surface area contributed by atoms with E-state index >= 15 is 0 Å². The molecule has 0 aliphatic heterocycles. The van der Waals surface area contributed by atoms with Crippen molar-refractivity contribution in [2.75, 3.05) is 12.4 Å². The van der Waals surface area contributed by atoms with Gasteiger partial charge in [0.05, 0.1) is 7.11 Å². The molecule has 1 amide bonds. The summed E-state index contributed by atoms with van der Waals surface area (Å²) in [5.41, 5.74) is -0.378. The van der Waals surface area contributed by atoms with Crippen LogP contribution < -0.4 is 10.1 Å². The number of hydrogen-bond acceptors (Lipinski definition) is 5. The second-order valence-corrected chi connectivity index (χ2v) is 5.94. The van der Waals surface area contributed by atoms with Gasteiger partial charge in [-0.05, 0) is 45.0 Å². The highest BCUT2D eigenvalue weighted by atomic mass is 16.6. The number of carboxylic acids is 1. The summed E-state index contributed by atoms with van der Waals surface area (Å²) >= 11 is 0. The van der Waals surface area contributed by atoms with E-state index < -0.39 is 17.7 Å². The van der Waals surface area contributed by atoms with E-state index in [0.717, 1.165) is 0 Å². The average Bonchev–Trinajstić information content (AvgIpc) is 2.89. The Hall–Kier alpha value is -3.03. The zero-order valence-corrected chi connectivity index (χ0v) is 13.9. The lowest BCUT2D eigenvalue weighted by Gasteiger charge is -2.20. The van der Waals surface area contributed by atoms with E-state index in [4.69, 9.17) is 9.47 Å². The monoisotopic (exact) mass is 333 g/mol. The molecule has 0 atom stereocenters. The molecule has 8 heteroatoms. The molecule has 0 saturated heterocycles. The minimum atomic E-state index is -1.26. The number of hydrogen-bond donors (Lipinski definition) is 2. The quantitative estimate of drug-likeness (QED) is 0.892. The van der Waals surface area contributed by atoms with E-state index in [0.29, 0.717) is 11.4 Å². The zero-order valence-electron chi connectivity index (χ0n) is 13.9.